The van der Waals surface area contributed by atoms with E-state index >= 15 is 0 Å². The normalized spacial score (nSPS) is 10.3. The smallest absolute Gasteiger partial charge is 0.0638 e. The van der Waals surface area contributed by atoms with E-state index in [2.05, 4.69) is 4.98 Å². The summed E-state index contributed by atoms with van der Waals surface area (Å²) in [6, 6.07) is 5.67. The molecule has 0 aliphatic heterocycles. The van der Waals surface area contributed by atoms with Crippen molar-refractivity contribution in [2.24, 2.45) is 0 Å². The lowest BCUT2D eigenvalue weighted by Gasteiger charge is -1.85. The van der Waals surface area contributed by atoms with Crippen LogP contribution in [0.15, 0.2) is 29.9 Å². The molecule has 0 fully saturated rings. The van der Waals surface area contributed by atoms with Crippen molar-refractivity contribution in [1.29, 1.82) is 0 Å². The van der Waals surface area contributed by atoms with Crippen LogP contribution in [0.2, 0.25) is 0 Å². The molecule has 0 spiro atoms. The molecule has 1 aromatic heterocycles. The van der Waals surface area contributed by atoms with E-state index in [0.29, 0.717) is 0 Å². The zero-order valence-electron chi connectivity index (χ0n) is 4.79. The van der Waals surface area contributed by atoms with Crippen molar-refractivity contribution in [3.05, 3.63) is 35.6 Å². The maximum absolute atomic E-state index is 5.32. The molecule has 0 aliphatic carbocycles. The van der Waals surface area contributed by atoms with Gasteiger partial charge in [0.1, 0.15) is 0 Å². The predicted molar refractivity (Wildman–Crippen MR) is 39.1 cm³/mol. The second-order valence-electron chi connectivity index (χ2n) is 1.55. The van der Waals surface area contributed by atoms with Crippen molar-refractivity contribution in [1.82, 2.24) is 4.98 Å². The number of aromatic nitrogens is 1. The van der Waals surface area contributed by atoms with E-state index in [1.165, 1.54) is 5.54 Å². The van der Waals surface area contributed by atoms with E-state index < -0.39 is 0 Å². The van der Waals surface area contributed by atoms with Crippen LogP contribution >= 0.6 is 11.6 Å². The molecule has 0 saturated carbocycles. The Labute approximate surface area is 59.0 Å². The van der Waals surface area contributed by atoms with Crippen molar-refractivity contribution < 1.29 is 0 Å². The topological polar surface area (TPSA) is 12.9 Å². The van der Waals surface area contributed by atoms with Gasteiger partial charge in [0.05, 0.1) is 5.69 Å². The third kappa shape index (κ3) is 1.86. The molecular formula is C7H6ClN. The summed E-state index contributed by atoms with van der Waals surface area (Å²) >= 11 is 5.32. The Morgan fingerprint density at radius 2 is 2.33 bits per heavy atom. The molecule has 0 amide bonds. The van der Waals surface area contributed by atoms with Gasteiger partial charge in [-0.1, -0.05) is 17.7 Å². The SMILES string of the molecule is Cl/C=C/c1ccccn1. The molecule has 0 atom stereocenters. The molecule has 0 saturated heterocycles. The van der Waals surface area contributed by atoms with Gasteiger partial charge in [-0.15, -0.1) is 0 Å². The van der Waals surface area contributed by atoms with Gasteiger partial charge in [-0.25, -0.2) is 0 Å². The Balaban J connectivity index is 2.85. The van der Waals surface area contributed by atoms with Crippen LogP contribution in [0.25, 0.3) is 6.08 Å². The first-order valence-electron chi connectivity index (χ1n) is 2.61. The van der Waals surface area contributed by atoms with E-state index in [1.807, 2.05) is 18.2 Å². The maximum atomic E-state index is 5.32. The molecule has 0 aromatic carbocycles. The lowest BCUT2D eigenvalue weighted by atomic mass is 10.3. The van der Waals surface area contributed by atoms with Crippen molar-refractivity contribution in [2.45, 2.75) is 0 Å². The van der Waals surface area contributed by atoms with Crippen molar-refractivity contribution in [2.75, 3.05) is 0 Å². The van der Waals surface area contributed by atoms with Crippen LogP contribution in [0.5, 0.6) is 0 Å². The van der Waals surface area contributed by atoms with Crippen LogP contribution in [-0.4, -0.2) is 4.98 Å². The Bertz CT molecular complexity index is 193. The predicted octanol–water partition coefficient (Wildman–Crippen LogP) is 2.29. The van der Waals surface area contributed by atoms with Gasteiger partial charge >= 0.3 is 0 Å². The van der Waals surface area contributed by atoms with Gasteiger partial charge < -0.3 is 0 Å². The minimum Gasteiger partial charge on any atom is -0.257 e. The molecule has 9 heavy (non-hydrogen) atoms. The van der Waals surface area contributed by atoms with Gasteiger partial charge in [0.25, 0.3) is 0 Å². The van der Waals surface area contributed by atoms with Gasteiger partial charge in [-0.2, -0.15) is 0 Å². The van der Waals surface area contributed by atoms with Gasteiger partial charge in [0.15, 0.2) is 0 Å². The number of hydrogen-bond donors (Lipinski definition) is 0. The van der Waals surface area contributed by atoms with Gasteiger partial charge in [0.2, 0.25) is 0 Å². The largest absolute Gasteiger partial charge is 0.257 e. The quantitative estimate of drug-likeness (QED) is 0.582. The lowest BCUT2D eigenvalue weighted by molar-refractivity contribution is 1.30. The molecular weight excluding hydrogens is 134 g/mol. The first kappa shape index (κ1) is 6.30. The summed E-state index contributed by atoms with van der Waals surface area (Å²) in [4.78, 5) is 4.00. The summed E-state index contributed by atoms with van der Waals surface area (Å²) in [7, 11) is 0. The van der Waals surface area contributed by atoms with Crippen LogP contribution in [0.3, 0.4) is 0 Å². The molecule has 0 aliphatic rings. The standard InChI is InChI=1S/C7H6ClN/c8-5-4-7-3-1-2-6-9-7/h1-6H/b5-4+. The Morgan fingerprint density at radius 3 is 2.89 bits per heavy atom. The summed E-state index contributed by atoms with van der Waals surface area (Å²) in [5, 5.41) is 0. The van der Waals surface area contributed by atoms with E-state index in [9.17, 15) is 0 Å². The van der Waals surface area contributed by atoms with Crippen molar-refractivity contribution in [3.63, 3.8) is 0 Å². The van der Waals surface area contributed by atoms with Crippen LogP contribution in [0.4, 0.5) is 0 Å². The Morgan fingerprint density at radius 1 is 1.44 bits per heavy atom. The number of rotatable bonds is 1. The second kappa shape index (κ2) is 3.25. The van der Waals surface area contributed by atoms with E-state index in [-0.39, 0.29) is 0 Å². The summed E-state index contributed by atoms with van der Waals surface area (Å²) in [5.41, 5.74) is 2.33. The highest BCUT2D eigenvalue weighted by Gasteiger charge is 1.79. The molecule has 1 nitrogen and oxygen atoms in total. The monoisotopic (exact) mass is 139 g/mol. The molecule has 0 unspecified atom stereocenters. The molecule has 46 valence electrons. The average molecular weight is 140 g/mol. The molecule has 0 N–H and O–H groups in total. The second-order valence-corrected chi connectivity index (χ2v) is 1.80. The van der Waals surface area contributed by atoms with Gasteiger partial charge in [-0.05, 0) is 18.2 Å². The molecule has 2 heteroatoms. The van der Waals surface area contributed by atoms with Gasteiger partial charge in [0, 0.05) is 11.7 Å². The molecule has 1 rings (SSSR count). The molecule has 0 radical (unpaired) electrons. The van der Waals surface area contributed by atoms with Crippen LogP contribution in [0, 0.1) is 0 Å². The average Bonchev–Trinajstić information content (AvgIpc) is 1.91. The first-order valence-corrected chi connectivity index (χ1v) is 3.05. The van der Waals surface area contributed by atoms with Crippen LogP contribution < -0.4 is 0 Å². The number of hydrogen-bond acceptors (Lipinski definition) is 1. The zero-order chi connectivity index (χ0) is 6.53. The zero-order valence-corrected chi connectivity index (χ0v) is 5.55. The Hall–Kier alpha value is -0.820. The minimum absolute atomic E-state index is 0.882. The number of nitrogens with zero attached hydrogens (tertiary/aromatic N) is 1. The van der Waals surface area contributed by atoms with Crippen LogP contribution in [0.1, 0.15) is 5.69 Å². The highest BCUT2D eigenvalue weighted by atomic mass is 35.5. The van der Waals surface area contributed by atoms with Gasteiger partial charge in [-0.3, -0.25) is 4.98 Å². The fraction of sp³-hybridized carbons (Fsp3) is 0. The van der Waals surface area contributed by atoms with E-state index in [1.54, 1.807) is 12.3 Å². The minimum atomic E-state index is 0.882. The van der Waals surface area contributed by atoms with Crippen molar-refractivity contribution >= 4 is 17.7 Å². The van der Waals surface area contributed by atoms with E-state index in [4.69, 9.17) is 11.6 Å². The van der Waals surface area contributed by atoms with E-state index in [0.717, 1.165) is 5.69 Å². The van der Waals surface area contributed by atoms with Crippen LogP contribution in [-0.2, 0) is 0 Å². The summed E-state index contributed by atoms with van der Waals surface area (Å²) in [6.45, 7) is 0. The number of pyridine rings is 1. The molecule has 1 heterocycles. The fourth-order valence-corrected chi connectivity index (χ4v) is 0.668. The van der Waals surface area contributed by atoms with Crippen molar-refractivity contribution in [3.8, 4) is 0 Å². The third-order valence-electron chi connectivity index (χ3n) is 0.922. The highest BCUT2D eigenvalue weighted by molar-refractivity contribution is 6.27. The summed E-state index contributed by atoms with van der Waals surface area (Å²) in [5.74, 6) is 0. The highest BCUT2D eigenvalue weighted by Crippen LogP contribution is 1.96. The summed E-state index contributed by atoms with van der Waals surface area (Å²) < 4.78 is 0. The maximum Gasteiger partial charge on any atom is 0.0638 e. The first-order chi connectivity index (χ1) is 4.43. The third-order valence-corrected chi connectivity index (χ3v) is 1.05. The fourth-order valence-electron chi connectivity index (χ4n) is 0.539. The molecule has 0 bridgehead atoms. The Kier molecular flexibility index (Phi) is 2.28. The lowest BCUT2D eigenvalue weighted by Crippen LogP contribution is -1.74. The summed E-state index contributed by atoms with van der Waals surface area (Å²) in [6.07, 6.45) is 3.47. The number of halogens is 1. The molecule has 1 aromatic rings.